The van der Waals surface area contributed by atoms with Gasteiger partial charge in [0.2, 0.25) is 0 Å². The minimum absolute atomic E-state index is 0.0763. The van der Waals surface area contributed by atoms with Crippen LogP contribution in [0.5, 0.6) is 0 Å². The van der Waals surface area contributed by atoms with Crippen molar-refractivity contribution < 1.29 is 9.84 Å². The highest BCUT2D eigenvalue weighted by Gasteiger charge is 2.22. The molecule has 2 unspecified atom stereocenters. The highest BCUT2D eigenvalue weighted by atomic mass is 16.5. The molecule has 3 heteroatoms. The molecular weight excluding hydrogens is 130 g/mol. The molecule has 1 saturated heterocycles. The number of aliphatic hydroxyl groups is 1. The van der Waals surface area contributed by atoms with E-state index in [2.05, 4.69) is 5.32 Å². The third-order valence-corrected chi connectivity index (χ3v) is 1.81. The summed E-state index contributed by atoms with van der Waals surface area (Å²) in [6, 6.07) is 0. The Morgan fingerprint density at radius 3 is 3.10 bits per heavy atom. The second-order valence-corrected chi connectivity index (χ2v) is 2.68. The van der Waals surface area contributed by atoms with Crippen molar-refractivity contribution in [2.45, 2.75) is 25.0 Å². The second-order valence-electron chi connectivity index (χ2n) is 2.68. The summed E-state index contributed by atoms with van der Waals surface area (Å²) >= 11 is 0. The third-order valence-electron chi connectivity index (χ3n) is 1.81. The van der Waals surface area contributed by atoms with Crippen LogP contribution in [0.2, 0.25) is 0 Å². The fourth-order valence-corrected chi connectivity index (χ4v) is 1.25. The quantitative estimate of drug-likeness (QED) is 0.575. The van der Waals surface area contributed by atoms with Crippen LogP contribution in [0.4, 0.5) is 0 Å². The molecule has 1 rings (SSSR count). The smallest absolute Gasteiger partial charge is 0.0925 e. The first kappa shape index (κ1) is 7.98. The van der Waals surface area contributed by atoms with Gasteiger partial charge >= 0.3 is 0 Å². The van der Waals surface area contributed by atoms with E-state index in [4.69, 9.17) is 4.74 Å². The molecule has 2 N–H and O–H groups in total. The van der Waals surface area contributed by atoms with E-state index in [0.29, 0.717) is 6.54 Å². The average Bonchev–Trinajstić information content (AvgIpc) is 2.38. The maximum Gasteiger partial charge on any atom is 0.0925 e. The SMILES string of the molecule is CNCC(O)C1CCCO1. The Balaban J connectivity index is 2.18. The lowest BCUT2D eigenvalue weighted by atomic mass is 10.1. The highest BCUT2D eigenvalue weighted by Crippen LogP contribution is 2.14. The van der Waals surface area contributed by atoms with Gasteiger partial charge in [-0.3, -0.25) is 0 Å². The lowest BCUT2D eigenvalue weighted by Crippen LogP contribution is -2.34. The van der Waals surface area contributed by atoms with E-state index >= 15 is 0 Å². The van der Waals surface area contributed by atoms with Crippen molar-refractivity contribution in [3.8, 4) is 0 Å². The van der Waals surface area contributed by atoms with Crippen molar-refractivity contribution in [2.75, 3.05) is 20.2 Å². The van der Waals surface area contributed by atoms with Crippen LogP contribution in [0.25, 0.3) is 0 Å². The Morgan fingerprint density at radius 2 is 2.60 bits per heavy atom. The molecule has 1 fully saturated rings. The summed E-state index contributed by atoms with van der Waals surface area (Å²) in [5.41, 5.74) is 0. The first-order chi connectivity index (χ1) is 4.84. The summed E-state index contributed by atoms with van der Waals surface area (Å²) in [6.45, 7) is 1.44. The molecule has 0 aromatic rings. The third kappa shape index (κ3) is 1.94. The summed E-state index contributed by atoms with van der Waals surface area (Å²) in [5.74, 6) is 0. The van der Waals surface area contributed by atoms with E-state index in [9.17, 15) is 5.11 Å². The second kappa shape index (κ2) is 3.91. The molecule has 3 nitrogen and oxygen atoms in total. The first-order valence-corrected chi connectivity index (χ1v) is 3.79. The standard InChI is InChI=1S/C7H15NO2/c1-8-5-6(9)7-3-2-4-10-7/h6-9H,2-5H2,1H3. The maximum absolute atomic E-state index is 9.36. The minimum atomic E-state index is -0.326. The van der Waals surface area contributed by atoms with E-state index < -0.39 is 0 Å². The maximum atomic E-state index is 9.36. The van der Waals surface area contributed by atoms with Crippen molar-refractivity contribution in [1.82, 2.24) is 5.32 Å². The van der Waals surface area contributed by atoms with Crippen molar-refractivity contribution in [1.29, 1.82) is 0 Å². The Morgan fingerprint density at radius 1 is 1.80 bits per heavy atom. The van der Waals surface area contributed by atoms with Gasteiger partial charge in [-0.05, 0) is 19.9 Å². The lowest BCUT2D eigenvalue weighted by Gasteiger charge is -2.16. The summed E-state index contributed by atoms with van der Waals surface area (Å²) in [5, 5.41) is 12.3. The number of ether oxygens (including phenoxy) is 1. The van der Waals surface area contributed by atoms with Crippen LogP contribution < -0.4 is 5.32 Å². The summed E-state index contributed by atoms with van der Waals surface area (Å²) in [4.78, 5) is 0. The van der Waals surface area contributed by atoms with Gasteiger partial charge in [0, 0.05) is 13.2 Å². The van der Waals surface area contributed by atoms with Gasteiger partial charge < -0.3 is 15.2 Å². The van der Waals surface area contributed by atoms with E-state index in [1.165, 1.54) is 0 Å². The number of nitrogens with one attached hydrogen (secondary N) is 1. The van der Waals surface area contributed by atoms with Crippen LogP contribution in [0.1, 0.15) is 12.8 Å². The minimum Gasteiger partial charge on any atom is -0.389 e. The van der Waals surface area contributed by atoms with Gasteiger partial charge in [-0.2, -0.15) is 0 Å². The van der Waals surface area contributed by atoms with Crippen molar-refractivity contribution >= 4 is 0 Å². The molecule has 0 bridgehead atoms. The fraction of sp³-hybridized carbons (Fsp3) is 1.00. The van der Waals surface area contributed by atoms with Crippen LogP contribution in [0.3, 0.4) is 0 Å². The van der Waals surface area contributed by atoms with Gasteiger partial charge in [0.15, 0.2) is 0 Å². The van der Waals surface area contributed by atoms with Crippen LogP contribution in [-0.2, 0) is 4.74 Å². The van der Waals surface area contributed by atoms with Crippen LogP contribution in [-0.4, -0.2) is 37.5 Å². The molecule has 0 aliphatic carbocycles. The topological polar surface area (TPSA) is 41.5 Å². The van der Waals surface area contributed by atoms with Crippen LogP contribution in [0.15, 0.2) is 0 Å². The fourth-order valence-electron chi connectivity index (χ4n) is 1.25. The molecule has 0 spiro atoms. The predicted octanol–water partition coefficient (Wildman–Crippen LogP) is -0.254. The number of rotatable bonds is 3. The van der Waals surface area contributed by atoms with Gasteiger partial charge in [-0.25, -0.2) is 0 Å². The van der Waals surface area contributed by atoms with Crippen molar-refractivity contribution in [3.63, 3.8) is 0 Å². The number of hydrogen-bond donors (Lipinski definition) is 2. The largest absolute Gasteiger partial charge is 0.389 e. The van der Waals surface area contributed by atoms with Gasteiger partial charge in [0.25, 0.3) is 0 Å². The van der Waals surface area contributed by atoms with Crippen molar-refractivity contribution in [2.24, 2.45) is 0 Å². The van der Waals surface area contributed by atoms with Crippen LogP contribution >= 0.6 is 0 Å². The Bertz CT molecular complexity index is 91.6. The van der Waals surface area contributed by atoms with Crippen LogP contribution in [0, 0.1) is 0 Å². The lowest BCUT2D eigenvalue weighted by molar-refractivity contribution is 0.000405. The van der Waals surface area contributed by atoms with Gasteiger partial charge in [-0.15, -0.1) is 0 Å². The van der Waals surface area contributed by atoms with E-state index in [1.807, 2.05) is 7.05 Å². The molecule has 1 aliphatic heterocycles. The zero-order chi connectivity index (χ0) is 7.40. The molecule has 0 amide bonds. The summed E-state index contributed by atoms with van der Waals surface area (Å²) in [7, 11) is 1.83. The van der Waals surface area contributed by atoms with Gasteiger partial charge in [0.05, 0.1) is 12.2 Å². The highest BCUT2D eigenvalue weighted by molar-refractivity contribution is 4.74. The summed E-state index contributed by atoms with van der Waals surface area (Å²) < 4.78 is 5.28. The van der Waals surface area contributed by atoms with Gasteiger partial charge in [0.1, 0.15) is 0 Å². The van der Waals surface area contributed by atoms with E-state index in [1.54, 1.807) is 0 Å². The number of aliphatic hydroxyl groups excluding tert-OH is 1. The zero-order valence-corrected chi connectivity index (χ0v) is 6.34. The Hall–Kier alpha value is -0.120. The zero-order valence-electron chi connectivity index (χ0n) is 6.34. The molecule has 1 aliphatic rings. The first-order valence-electron chi connectivity index (χ1n) is 3.79. The van der Waals surface area contributed by atoms with Crippen molar-refractivity contribution in [3.05, 3.63) is 0 Å². The van der Waals surface area contributed by atoms with Gasteiger partial charge in [-0.1, -0.05) is 0 Å². The predicted molar refractivity (Wildman–Crippen MR) is 38.9 cm³/mol. The molecule has 60 valence electrons. The molecule has 2 atom stereocenters. The molecule has 1 heterocycles. The molecular formula is C7H15NO2. The molecule has 10 heavy (non-hydrogen) atoms. The van der Waals surface area contributed by atoms with E-state index in [0.717, 1.165) is 19.4 Å². The summed E-state index contributed by atoms with van der Waals surface area (Å²) in [6.07, 6.45) is 1.84. The number of likely N-dealkylation sites (N-methyl/N-ethyl adjacent to an activating group) is 1. The molecule has 0 aromatic heterocycles. The number of hydrogen-bond acceptors (Lipinski definition) is 3. The molecule has 0 aromatic carbocycles. The average molecular weight is 145 g/mol. The Labute approximate surface area is 61.4 Å². The normalized spacial score (nSPS) is 28.8. The monoisotopic (exact) mass is 145 g/mol. The molecule has 0 radical (unpaired) electrons. The van der Waals surface area contributed by atoms with E-state index in [-0.39, 0.29) is 12.2 Å². The Kier molecular flexibility index (Phi) is 3.12. The molecule has 0 saturated carbocycles.